The SMILES string of the molecule is CCCCNCCC.[CH3-].[W]. The van der Waals surface area contributed by atoms with Crippen LogP contribution in [0.15, 0.2) is 0 Å². The third-order valence-electron chi connectivity index (χ3n) is 1.13. The molecule has 0 rings (SSSR count). The maximum Gasteiger partial charge on any atom is 0 e. The van der Waals surface area contributed by atoms with E-state index in [1.54, 1.807) is 0 Å². The second-order valence-corrected chi connectivity index (χ2v) is 2.10. The van der Waals surface area contributed by atoms with Crippen LogP contribution in [0.2, 0.25) is 0 Å². The normalized spacial score (nSPS) is 7.80. The first-order chi connectivity index (χ1) is 3.91. The van der Waals surface area contributed by atoms with Gasteiger partial charge in [0.25, 0.3) is 0 Å². The fourth-order valence-electron chi connectivity index (χ4n) is 0.604. The molecule has 10 heavy (non-hydrogen) atoms. The summed E-state index contributed by atoms with van der Waals surface area (Å²) >= 11 is 0. The van der Waals surface area contributed by atoms with Gasteiger partial charge >= 0.3 is 0 Å². The van der Waals surface area contributed by atoms with Crippen LogP contribution < -0.4 is 5.32 Å². The summed E-state index contributed by atoms with van der Waals surface area (Å²) in [6.45, 7) is 6.79. The summed E-state index contributed by atoms with van der Waals surface area (Å²) in [7, 11) is 0. The van der Waals surface area contributed by atoms with Crippen molar-refractivity contribution in [3.05, 3.63) is 7.43 Å². The van der Waals surface area contributed by atoms with E-state index in [2.05, 4.69) is 19.2 Å². The van der Waals surface area contributed by atoms with Gasteiger partial charge in [0, 0.05) is 21.1 Å². The molecule has 0 saturated carbocycles. The molecule has 0 radical (unpaired) electrons. The van der Waals surface area contributed by atoms with E-state index < -0.39 is 0 Å². The predicted octanol–water partition coefficient (Wildman–Crippen LogP) is 2.23. The quantitative estimate of drug-likeness (QED) is 0.606. The molecule has 0 amide bonds. The maximum absolute atomic E-state index is 3.34. The second-order valence-electron chi connectivity index (χ2n) is 2.10. The Labute approximate surface area is 80.2 Å². The zero-order valence-corrected chi connectivity index (χ0v) is 10.4. The molecule has 64 valence electrons. The number of hydrogen-bond donors (Lipinski definition) is 1. The second kappa shape index (κ2) is 16.3. The van der Waals surface area contributed by atoms with E-state index >= 15 is 0 Å². The van der Waals surface area contributed by atoms with Gasteiger partial charge in [0.1, 0.15) is 0 Å². The van der Waals surface area contributed by atoms with Crippen molar-refractivity contribution in [2.24, 2.45) is 0 Å². The van der Waals surface area contributed by atoms with Gasteiger partial charge < -0.3 is 12.7 Å². The van der Waals surface area contributed by atoms with Gasteiger partial charge in [0.05, 0.1) is 0 Å². The van der Waals surface area contributed by atoms with Crippen molar-refractivity contribution in [1.82, 2.24) is 5.32 Å². The minimum Gasteiger partial charge on any atom is -0.358 e. The molecule has 0 aliphatic heterocycles. The topological polar surface area (TPSA) is 12.0 Å². The molecule has 0 aliphatic carbocycles. The molecular weight excluding hydrogens is 294 g/mol. The summed E-state index contributed by atoms with van der Waals surface area (Å²) in [4.78, 5) is 0. The fraction of sp³-hybridized carbons (Fsp3) is 0.875. The van der Waals surface area contributed by atoms with Gasteiger partial charge in [-0.2, -0.15) is 0 Å². The molecule has 1 nitrogen and oxygen atoms in total. The van der Waals surface area contributed by atoms with Crippen molar-refractivity contribution in [3.63, 3.8) is 0 Å². The van der Waals surface area contributed by atoms with Gasteiger partial charge in [-0.15, -0.1) is 0 Å². The molecular formula is C8H20NW-. The molecule has 0 aromatic carbocycles. The van der Waals surface area contributed by atoms with Crippen LogP contribution in [-0.4, -0.2) is 13.1 Å². The largest absolute Gasteiger partial charge is 0.358 e. The molecule has 0 saturated heterocycles. The fourth-order valence-corrected chi connectivity index (χ4v) is 0.604. The Morgan fingerprint density at radius 3 is 2.00 bits per heavy atom. The Balaban J connectivity index is -0.000000245. The standard InChI is InChI=1S/C7H17N.CH3.W/c1-3-5-7-8-6-4-2;;/h8H,3-7H2,1-2H3;1H3;/q;-1;. The monoisotopic (exact) mass is 314 g/mol. The van der Waals surface area contributed by atoms with Gasteiger partial charge in [-0.25, -0.2) is 0 Å². The van der Waals surface area contributed by atoms with Crippen LogP contribution >= 0.6 is 0 Å². The average molecular weight is 314 g/mol. The van der Waals surface area contributed by atoms with E-state index in [0.717, 1.165) is 0 Å². The van der Waals surface area contributed by atoms with Crippen LogP contribution in [-0.2, 0) is 21.1 Å². The van der Waals surface area contributed by atoms with Gasteiger partial charge in [-0.05, 0) is 25.9 Å². The summed E-state index contributed by atoms with van der Waals surface area (Å²) in [5.41, 5.74) is 0. The minimum absolute atomic E-state index is 0. The third-order valence-corrected chi connectivity index (χ3v) is 1.13. The van der Waals surface area contributed by atoms with E-state index in [1.165, 1.54) is 32.4 Å². The van der Waals surface area contributed by atoms with E-state index in [9.17, 15) is 0 Å². The molecule has 0 aliphatic rings. The van der Waals surface area contributed by atoms with Gasteiger partial charge in [-0.3, -0.25) is 0 Å². The van der Waals surface area contributed by atoms with Crippen LogP contribution in [0, 0.1) is 7.43 Å². The van der Waals surface area contributed by atoms with Crippen LogP contribution in [0.1, 0.15) is 33.1 Å². The van der Waals surface area contributed by atoms with Crippen LogP contribution in [0.4, 0.5) is 0 Å². The Hall–Kier alpha value is 0.648. The summed E-state index contributed by atoms with van der Waals surface area (Å²) in [5.74, 6) is 0. The van der Waals surface area contributed by atoms with Gasteiger partial charge in [0.15, 0.2) is 0 Å². The van der Waals surface area contributed by atoms with Crippen molar-refractivity contribution in [1.29, 1.82) is 0 Å². The Morgan fingerprint density at radius 2 is 1.60 bits per heavy atom. The van der Waals surface area contributed by atoms with Crippen molar-refractivity contribution in [2.45, 2.75) is 33.1 Å². The van der Waals surface area contributed by atoms with Crippen LogP contribution in [0.3, 0.4) is 0 Å². The Bertz CT molecular complexity index is 34.2. The summed E-state index contributed by atoms with van der Waals surface area (Å²) < 4.78 is 0. The Kier molecular flexibility index (Phi) is 27.7. The maximum atomic E-state index is 3.34. The number of hydrogen-bond acceptors (Lipinski definition) is 1. The molecule has 0 bridgehead atoms. The molecule has 1 N–H and O–H groups in total. The predicted molar refractivity (Wildman–Crippen MR) is 44.5 cm³/mol. The summed E-state index contributed by atoms with van der Waals surface area (Å²) in [6.07, 6.45) is 3.88. The molecule has 2 heteroatoms. The van der Waals surface area contributed by atoms with Gasteiger partial charge in [0.2, 0.25) is 0 Å². The zero-order valence-electron chi connectivity index (χ0n) is 7.44. The average Bonchev–Trinajstić information content (AvgIpc) is 1.81. The molecule has 0 spiro atoms. The molecule has 0 aromatic heterocycles. The van der Waals surface area contributed by atoms with Crippen molar-refractivity contribution >= 4 is 0 Å². The molecule has 0 atom stereocenters. The first-order valence-corrected chi connectivity index (χ1v) is 3.62. The van der Waals surface area contributed by atoms with Crippen LogP contribution in [0.25, 0.3) is 0 Å². The molecule has 0 heterocycles. The number of nitrogens with one attached hydrogen (secondary N) is 1. The van der Waals surface area contributed by atoms with E-state index in [1.807, 2.05) is 0 Å². The van der Waals surface area contributed by atoms with E-state index in [0.29, 0.717) is 0 Å². The first kappa shape index (κ1) is 16.9. The van der Waals surface area contributed by atoms with Crippen LogP contribution in [0.5, 0.6) is 0 Å². The summed E-state index contributed by atoms with van der Waals surface area (Å²) in [5, 5.41) is 3.34. The first-order valence-electron chi connectivity index (χ1n) is 3.62. The third kappa shape index (κ3) is 15.9. The van der Waals surface area contributed by atoms with Crippen molar-refractivity contribution in [2.75, 3.05) is 13.1 Å². The minimum atomic E-state index is 0. The molecule has 0 aromatic rings. The zero-order chi connectivity index (χ0) is 6.24. The number of unbranched alkanes of at least 4 members (excludes halogenated alkanes) is 1. The van der Waals surface area contributed by atoms with E-state index in [-0.39, 0.29) is 28.5 Å². The smallest absolute Gasteiger partial charge is 0 e. The van der Waals surface area contributed by atoms with E-state index in [4.69, 9.17) is 0 Å². The van der Waals surface area contributed by atoms with Crippen molar-refractivity contribution in [3.8, 4) is 0 Å². The molecule has 0 fully saturated rings. The van der Waals surface area contributed by atoms with Crippen molar-refractivity contribution < 1.29 is 21.1 Å². The van der Waals surface area contributed by atoms with Gasteiger partial charge in [-0.1, -0.05) is 20.3 Å². The molecule has 0 unspecified atom stereocenters. The number of rotatable bonds is 5. The Morgan fingerprint density at radius 1 is 1.00 bits per heavy atom. The summed E-state index contributed by atoms with van der Waals surface area (Å²) in [6, 6.07) is 0.